The van der Waals surface area contributed by atoms with Gasteiger partial charge < -0.3 is 43.2 Å². The molecule has 6 rings (SSSR count). The Hall–Kier alpha value is -3.86. The third kappa shape index (κ3) is 10.1. The summed E-state index contributed by atoms with van der Waals surface area (Å²) in [6, 6.07) is 20.7. The highest BCUT2D eigenvalue weighted by Gasteiger charge is 2.34. The van der Waals surface area contributed by atoms with E-state index >= 15 is 0 Å². The average molecular weight is 767 g/mol. The molecule has 3 aromatic rings. The molecule has 14 heteroatoms. The maximum atomic E-state index is 14.3. The zero-order valence-electron chi connectivity index (χ0n) is 30.7. The van der Waals surface area contributed by atoms with E-state index in [0.29, 0.717) is 78.1 Å². The van der Waals surface area contributed by atoms with Gasteiger partial charge in [-0.3, -0.25) is 4.79 Å². The summed E-state index contributed by atoms with van der Waals surface area (Å²) in [4.78, 5) is 16.0. The molecule has 0 unspecified atom stereocenters. The monoisotopic (exact) mass is 766 g/mol. The fraction of sp³-hybridized carbons (Fsp3) is 0.475. The number of methoxy groups -OCH3 is 1. The minimum absolute atomic E-state index is 0.0396. The molecule has 0 saturated carbocycles. The van der Waals surface area contributed by atoms with Crippen molar-refractivity contribution < 1.29 is 51.5 Å². The maximum Gasteiger partial charge on any atom is 0.288 e. The molecule has 0 aromatic heterocycles. The maximum absolute atomic E-state index is 14.3. The van der Waals surface area contributed by atoms with E-state index in [9.17, 15) is 18.3 Å². The topological polar surface area (TPSA) is 143 Å². The molecule has 3 aliphatic rings. The van der Waals surface area contributed by atoms with Crippen LogP contribution in [0.2, 0.25) is 0 Å². The van der Waals surface area contributed by atoms with E-state index in [4.69, 9.17) is 33.2 Å². The zero-order chi connectivity index (χ0) is 37.8. The Labute approximate surface area is 317 Å². The molecule has 13 nitrogen and oxygen atoms in total. The second-order valence-corrected chi connectivity index (χ2v) is 15.0. The van der Waals surface area contributed by atoms with Crippen molar-refractivity contribution in [2.45, 2.75) is 29.9 Å². The summed E-state index contributed by atoms with van der Waals surface area (Å²) in [6.45, 7) is 3.21. The summed E-state index contributed by atoms with van der Waals surface area (Å²) >= 11 is 0. The van der Waals surface area contributed by atoms with E-state index in [1.54, 1.807) is 17.0 Å². The van der Waals surface area contributed by atoms with E-state index in [2.05, 4.69) is 24.3 Å². The van der Waals surface area contributed by atoms with E-state index in [1.165, 1.54) is 45.8 Å². The first-order valence-electron chi connectivity index (χ1n) is 18.4. The molecule has 2 aliphatic heterocycles. The van der Waals surface area contributed by atoms with Crippen LogP contribution in [-0.4, -0.2) is 134 Å². The second kappa shape index (κ2) is 19.6. The number of sulfonamides is 1. The summed E-state index contributed by atoms with van der Waals surface area (Å²) < 4.78 is 68.6. The second-order valence-electron chi connectivity index (χ2n) is 13.0. The first-order chi connectivity index (χ1) is 26.4. The number of aliphatic hydroxyl groups excluding tert-OH is 1. The van der Waals surface area contributed by atoms with Crippen molar-refractivity contribution >= 4 is 15.9 Å². The molecule has 0 radical (unpaired) electrons. The number of fused-ring (bicyclic) bond motifs is 3. The molecule has 2 heterocycles. The van der Waals surface area contributed by atoms with Gasteiger partial charge in [0.05, 0.1) is 78.1 Å². The third-order valence-corrected chi connectivity index (χ3v) is 11.6. The number of allylic oxidation sites excluding steroid dienone is 1. The van der Waals surface area contributed by atoms with Crippen LogP contribution < -0.4 is 4.74 Å². The number of rotatable bonds is 11. The SMILES string of the molecule is COc1ccc(S(=O)(=O)N(CCO)CCO[C@H]2C[C@@H](c3cccc4c3Cc3ccccc3-4)C=C(C(=O)N3CCOCCOCCOCCOCC3)O2)cc1. The third-order valence-electron chi connectivity index (χ3n) is 9.66. The number of benzene rings is 3. The van der Waals surface area contributed by atoms with Crippen LogP contribution in [0, 0.1) is 0 Å². The molecule has 1 N–H and O–H groups in total. The number of nitrogens with zero attached hydrogens (tertiary/aromatic N) is 2. The van der Waals surface area contributed by atoms with E-state index in [1.807, 2.05) is 24.3 Å². The lowest BCUT2D eigenvalue weighted by Gasteiger charge is -2.33. The molecule has 0 bridgehead atoms. The molecular formula is C40H50N2O11S. The highest BCUT2D eigenvalue weighted by atomic mass is 32.2. The fourth-order valence-electron chi connectivity index (χ4n) is 6.89. The molecule has 3 aromatic carbocycles. The number of ether oxygens (including phenoxy) is 7. The molecule has 1 fully saturated rings. The quantitative estimate of drug-likeness (QED) is 0.240. The van der Waals surface area contributed by atoms with Crippen molar-refractivity contribution in [2.75, 3.05) is 99.4 Å². The van der Waals surface area contributed by atoms with Crippen LogP contribution in [0.1, 0.15) is 29.0 Å². The standard InChI is InChI=1S/C40H50N2O11S/c1-47-32-9-11-33(12-10-32)54(45,46)42(13-17-43)16-20-52-39-29-31(35-7-4-8-36-34-6-3-2-5-30(34)27-37(35)36)28-38(53-39)40(44)41-14-18-48-21-23-50-25-26-51-24-22-49-19-15-41/h2-12,28,31,39,43H,13-27,29H2,1H3/t31-,39+/m0/s1. The lowest BCUT2D eigenvalue weighted by Crippen LogP contribution is -2.41. The van der Waals surface area contributed by atoms with Crippen LogP contribution in [0.3, 0.4) is 0 Å². The number of aliphatic hydroxyl groups is 1. The first-order valence-corrected chi connectivity index (χ1v) is 19.9. The minimum Gasteiger partial charge on any atom is -0.497 e. The molecule has 292 valence electrons. The summed E-state index contributed by atoms with van der Waals surface area (Å²) in [5, 5.41) is 9.77. The zero-order valence-corrected chi connectivity index (χ0v) is 31.5. The Morgan fingerprint density at radius 2 is 1.48 bits per heavy atom. The number of amides is 1. The van der Waals surface area contributed by atoms with Crippen LogP contribution in [0.25, 0.3) is 11.1 Å². The van der Waals surface area contributed by atoms with Crippen LogP contribution >= 0.6 is 0 Å². The molecular weight excluding hydrogens is 717 g/mol. The van der Waals surface area contributed by atoms with Gasteiger partial charge in [-0.2, -0.15) is 4.31 Å². The molecule has 1 amide bonds. The van der Waals surface area contributed by atoms with Crippen LogP contribution in [0.4, 0.5) is 0 Å². The van der Waals surface area contributed by atoms with Gasteiger partial charge in [-0.25, -0.2) is 8.42 Å². The van der Waals surface area contributed by atoms with Crippen molar-refractivity contribution in [1.82, 2.24) is 9.21 Å². The Morgan fingerprint density at radius 1 is 0.833 bits per heavy atom. The Kier molecular flexibility index (Phi) is 14.5. The van der Waals surface area contributed by atoms with Gasteiger partial charge in [0.25, 0.3) is 5.91 Å². The smallest absolute Gasteiger partial charge is 0.288 e. The molecule has 1 saturated heterocycles. The lowest BCUT2D eigenvalue weighted by molar-refractivity contribution is -0.153. The first kappa shape index (κ1) is 39.8. The number of hydrogen-bond acceptors (Lipinski definition) is 11. The minimum atomic E-state index is -3.95. The van der Waals surface area contributed by atoms with Gasteiger partial charge in [-0.05, 0) is 64.6 Å². The largest absolute Gasteiger partial charge is 0.497 e. The van der Waals surface area contributed by atoms with E-state index in [-0.39, 0.29) is 48.8 Å². The summed E-state index contributed by atoms with van der Waals surface area (Å²) in [5.74, 6) is 0.123. The predicted octanol–water partition coefficient (Wildman–Crippen LogP) is 3.59. The van der Waals surface area contributed by atoms with Gasteiger partial charge in [0, 0.05) is 38.5 Å². The molecule has 54 heavy (non-hydrogen) atoms. The van der Waals surface area contributed by atoms with Crippen LogP contribution in [0.5, 0.6) is 5.75 Å². The lowest BCUT2D eigenvalue weighted by atomic mass is 9.87. The predicted molar refractivity (Wildman–Crippen MR) is 200 cm³/mol. The highest BCUT2D eigenvalue weighted by Crippen LogP contribution is 2.43. The number of carbonyl (C=O) groups excluding carboxylic acids is 1. The Bertz CT molecular complexity index is 1800. The normalized spacial score (nSPS) is 20.2. The van der Waals surface area contributed by atoms with E-state index in [0.717, 1.165) is 12.0 Å². The Morgan fingerprint density at radius 3 is 2.15 bits per heavy atom. The van der Waals surface area contributed by atoms with Gasteiger partial charge in [-0.15, -0.1) is 0 Å². The summed E-state index contributed by atoms with van der Waals surface area (Å²) in [7, 11) is -2.45. The fourth-order valence-corrected chi connectivity index (χ4v) is 8.30. The molecule has 1 aliphatic carbocycles. The van der Waals surface area contributed by atoms with Crippen LogP contribution in [-0.2, 0) is 49.7 Å². The Balaban J connectivity index is 1.22. The van der Waals surface area contributed by atoms with Gasteiger partial charge >= 0.3 is 0 Å². The van der Waals surface area contributed by atoms with Crippen LogP contribution in [0.15, 0.2) is 83.5 Å². The van der Waals surface area contributed by atoms with Gasteiger partial charge in [0.2, 0.25) is 16.3 Å². The highest BCUT2D eigenvalue weighted by molar-refractivity contribution is 7.89. The average Bonchev–Trinajstić information content (AvgIpc) is 3.57. The van der Waals surface area contributed by atoms with Crippen molar-refractivity contribution in [3.8, 4) is 16.9 Å². The number of carbonyl (C=O) groups is 1. The summed E-state index contributed by atoms with van der Waals surface area (Å²) in [5.41, 5.74) is 5.91. The van der Waals surface area contributed by atoms with Gasteiger partial charge in [0.15, 0.2) is 5.76 Å². The van der Waals surface area contributed by atoms with Gasteiger partial charge in [0.1, 0.15) is 5.75 Å². The van der Waals surface area contributed by atoms with Crippen molar-refractivity contribution in [3.05, 3.63) is 95.3 Å². The summed E-state index contributed by atoms with van der Waals surface area (Å²) in [6.07, 6.45) is 2.20. The molecule has 0 spiro atoms. The number of hydrogen-bond donors (Lipinski definition) is 1. The van der Waals surface area contributed by atoms with Crippen molar-refractivity contribution in [1.29, 1.82) is 0 Å². The molecule has 2 atom stereocenters. The van der Waals surface area contributed by atoms with Crippen molar-refractivity contribution in [2.24, 2.45) is 0 Å². The van der Waals surface area contributed by atoms with E-state index < -0.39 is 16.3 Å². The van der Waals surface area contributed by atoms with Gasteiger partial charge in [-0.1, -0.05) is 42.5 Å². The van der Waals surface area contributed by atoms with Crippen molar-refractivity contribution in [3.63, 3.8) is 0 Å².